The fourth-order valence-electron chi connectivity index (χ4n) is 5.22. The van der Waals surface area contributed by atoms with E-state index in [9.17, 15) is 28.7 Å². The molecule has 41 heavy (non-hydrogen) atoms. The summed E-state index contributed by atoms with van der Waals surface area (Å²) in [7, 11) is 0. The van der Waals surface area contributed by atoms with Gasteiger partial charge in [0.1, 0.15) is 17.1 Å². The molecule has 208 valence electrons. The largest absolute Gasteiger partial charge is 0.482 e. The minimum atomic E-state index is -1.02. The van der Waals surface area contributed by atoms with Gasteiger partial charge < -0.3 is 25.8 Å². The average Bonchev–Trinajstić information content (AvgIpc) is 3.54. The van der Waals surface area contributed by atoms with E-state index >= 15 is 0 Å². The van der Waals surface area contributed by atoms with Crippen molar-refractivity contribution < 1.29 is 33.4 Å². The lowest BCUT2D eigenvalue weighted by atomic mass is 9.98. The summed E-state index contributed by atoms with van der Waals surface area (Å²) >= 11 is 0. The third-order valence-electron chi connectivity index (χ3n) is 7.25. The Balaban J connectivity index is 1.23. The standard InChI is InChI=1S/C28H23FN6O6/c1-13-15-5-6-19(17(15)4-3-16(13)28(39)40)34-27(38)22-9-21(33-25-18(29)11-31-35(22)25)26(37)30-10-14-2-7-23-20(8-14)32-24(36)12-41-23/h2-4,7-9,11,19H,5-6,10,12H2,1H3,(H,30,37)(H,32,36)(H,34,38)(H,39,40)/t19-/m1/s1. The first kappa shape index (κ1) is 25.9. The summed E-state index contributed by atoms with van der Waals surface area (Å²) in [6.07, 6.45) is 2.04. The van der Waals surface area contributed by atoms with Crippen molar-refractivity contribution in [2.75, 3.05) is 11.9 Å². The van der Waals surface area contributed by atoms with E-state index < -0.39 is 29.6 Å². The number of aromatic carboxylic acids is 1. The molecule has 3 heterocycles. The first-order valence-corrected chi connectivity index (χ1v) is 12.7. The van der Waals surface area contributed by atoms with Crippen LogP contribution in [0.4, 0.5) is 10.1 Å². The van der Waals surface area contributed by atoms with Crippen molar-refractivity contribution in [1.82, 2.24) is 25.2 Å². The number of carbonyl (C=O) groups is 4. The number of carboxylic acids is 1. The van der Waals surface area contributed by atoms with E-state index in [0.717, 1.165) is 21.8 Å². The Morgan fingerprint density at radius 3 is 2.83 bits per heavy atom. The normalized spacial score (nSPS) is 15.5. The van der Waals surface area contributed by atoms with E-state index in [1.807, 2.05) is 0 Å². The van der Waals surface area contributed by atoms with Gasteiger partial charge in [-0.3, -0.25) is 14.4 Å². The molecule has 0 fully saturated rings. The summed E-state index contributed by atoms with van der Waals surface area (Å²) < 4.78 is 20.9. The molecule has 2 aliphatic rings. The Morgan fingerprint density at radius 2 is 2.02 bits per heavy atom. The van der Waals surface area contributed by atoms with Crippen LogP contribution in [0.1, 0.15) is 66.1 Å². The molecule has 2 aromatic carbocycles. The number of nitrogens with zero attached hydrogens (tertiary/aromatic N) is 3. The number of rotatable bonds is 6. The second-order valence-corrected chi connectivity index (χ2v) is 9.78. The number of hydrogen-bond acceptors (Lipinski definition) is 7. The van der Waals surface area contributed by atoms with Gasteiger partial charge in [0.15, 0.2) is 18.1 Å². The molecule has 1 atom stereocenters. The van der Waals surface area contributed by atoms with Crippen molar-refractivity contribution >= 4 is 35.0 Å². The zero-order chi connectivity index (χ0) is 28.8. The Labute approximate surface area is 231 Å². The van der Waals surface area contributed by atoms with Gasteiger partial charge in [-0.1, -0.05) is 12.1 Å². The van der Waals surface area contributed by atoms with Crippen LogP contribution in [0.25, 0.3) is 5.65 Å². The highest BCUT2D eigenvalue weighted by Crippen LogP contribution is 2.35. The van der Waals surface area contributed by atoms with Crippen molar-refractivity contribution in [3.63, 3.8) is 0 Å². The lowest BCUT2D eigenvalue weighted by molar-refractivity contribution is -0.118. The van der Waals surface area contributed by atoms with E-state index in [1.54, 1.807) is 31.2 Å². The fourth-order valence-corrected chi connectivity index (χ4v) is 5.22. The van der Waals surface area contributed by atoms with Crippen LogP contribution in [0.15, 0.2) is 42.6 Å². The first-order valence-electron chi connectivity index (χ1n) is 12.7. The van der Waals surface area contributed by atoms with Crippen LogP contribution >= 0.6 is 0 Å². The summed E-state index contributed by atoms with van der Waals surface area (Å²) in [4.78, 5) is 53.6. The molecular formula is C28H23FN6O6. The zero-order valence-corrected chi connectivity index (χ0v) is 21.7. The monoisotopic (exact) mass is 558 g/mol. The Hall–Kier alpha value is -5.33. The lowest BCUT2D eigenvalue weighted by Gasteiger charge is -2.18. The fraction of sp³-hybridized carbons (Fsp3) is 0.214. The maximum absolute atomic E-state index is 14.5. The van der Waals surface area contributed by atoms with Crippen molar-refractivity contribution in [3.05, 3.63) is 87.6 Å². The molecule has 12 nitrogen and oxygen atoms in total. The van der Waals surface area contributed by atoms with Crippen LogP contribution in [-0.4, -0.2) is 50.0 Å². The molecule has 13 heteroatoms. The smallest absolute Gasteiger partial charge is 0.335 e. The zero-order valence-electron chi connectivity index (χ0n) is 21.7. The molecule has 0 unspecified atom stereocenters. The minimum absolute atomic E-state index is 0.0641. The number of aromatic nitrogens is 3. The summed E-state index contributed by atoms with van der Waals surface area (Å²) in [6, 6.07) is 9.10. The predicted molar refractivity (Wildman–Crippen MR) is 141 cm³/mol. The van der Waals surface area contributed by atoms with Crippen LogP contribution in [0.2, 0.25) is 0 Å². The molecule has 1 aliphatic heterocycles. The van der Waals surface area contributed by atoms with Gasteiger partial charge in [0.25, 0.3) is 17.7 Å². The third-order valence-corrected chi connectivity index (χ3v) is 7.25. The van der Waals surface area contributed by atoms with E-state index in [2.05, 4.69) is 26.0 Å². The number of amides is 3. The first-order chi connectivity index (χ1) is 19.7. The summed E-state index contributed by atoms with van der Waals surface area (Å²) in [6.45, 7) is 1.73. The Bertz CT molecular complexity index is 1780. The Kier molecular flexibility index (Phi) is 6.33. The van der Waals surface area contributed by atoms with Crippen LogP contribution in [0.3, 0.4) is 0 Å². The van der Waals surface area contributed by atoms with Gasteiger partial charge in [-0.25, -0.2) is 18.7 Å². The molecule has 0 saturated carbocycles. The van der Waals surface area contributed by atoms with Crippen LogP contribution in [0, 0.1) is 12.7 Å². The van der Waals surface area contributed by atoms with Crippen LogP contribution in [-0.2, 0) is 17.8 Å². The van der Waals surface area contributed by atoms with Gasteiger partial charge in [-0.05, 0) is 60.2 Å². The topological polar surface area (TPSA) is 164 Å². The van der Waals surface area contributed by atoms with E-state index in [4.69, 9.17) is 4.74 Å². The van der Waals surface area contributed by atoms with Crippen molar-refractivity contribution in [2.24, 2.45) is 0 Å². The number of ether oxygens (including phenoxy) is 1. The van der Waals surface area contributed by atoms with Gasteiger partial charge in [-0.2, -0.15) is 5.10 Å². The molecule has 4 N–H and O–H groups in total. The maximum atomic E-state index is 14.5. The van der Waals surface area contributed by atoms with E-state index in [1.165, 1.54) is 12.1 Å². The quantitative estimate of drug-likeness (QED) is 0.280. The van der Waals surface area contributed by atoms with Crippen molar-refractivity contribution in [2.45, 2.75) is 32.4 Å². The number of fused-ring (bicyclic) bond motifs is 3. The summed E-state index contributed by atoms with van der Waals surface area (Å²) in [5, 5.41) is 21.6. The van der Waals surface area contributed by atoms with Crippen molar-refractivity contribution in [3.8, 4) is 5.75 Å². The third kappa shape index (κ3) is 4.71. The summed E-state index contributed by atoms with van der Waals surface area (Å²) in [5.74, 6) is -2.84. The number of carbonyl (C=O) groups excluding carboxylic acids is 3. The minimum Gasteiger partial charge on any atom is -0.482 e. The number of halogens is 1. The molecule has 0 radical (unpaired) electrons. The predicted octanol–water partition coefficient (Wildman–Crippen LogP) is 2.55. The number of anilines is 1. The molecule has 0 bridgehead atoms. The second-order valence-electron chi connectivity index (χ2n) is 9.78. The van der Waals surface area contributed by atoms with Crippen LogP contribution < -0.4 is 20.7 Å². The van der Waals surface area contributed by atoms with Gasteiger partial charge in [-0.15, -0.1) is 0 Å². The second kappa shape index (κ2) is 10.0. The molecule has 3 amide bonds. The molecule has 2 aromatic heterocycles. The average molecular weight is 559 g/mol. The number of nitrogens with one attached hydrogen (secondary N) is 3. The SMILES string of the molecule is Cc1c(C(=O)O)ccc2c1CC[C@H]2NC(=O)c1cc(C(=O)NCc2ccc3c(c2)NC(=O)CO3)nc2c(F)cnn12. The van der Waals surface area contributed by atoms with Gasteiger partial charge in [0.05, 0.1) is 23.5 Å². The van der Waals surface area contributed by atoms with Gasteiger partial charge in [0, 0.05) is 12.6 Å². The highest BCUT2D eigenvalue weighted by molar-refractivity contribution is 5.99. The Morgan fingerprint density at radius 1 is 1.20 bits per heavy atom. The summed E-state index contributed by atoms with van der Waals surface area (Å²) in [5.41, 5.74) is 3.12. The van der Waals surface area contributed by atoms with E-state index in [-0.39, 0.29) is 41.7 Å². The molecule has 4 aromatic rings. The van der Waals surface area contributed by atoms with E-state index in [0.29, 0.717) is 35.4 Å². The van der Waals surface area contributed by atoms with Crippen molar-refractivity contribution in [1.29, 1.82) is 0 Å². The number of carboxylic acid groups (broad SMARTS) is 1. The number of hydrogen-bond donors (Lipinski definition) is 4. The maximum Gasteiger partial charge on any atom is 0.335 e. The van der Waals surface area contributed by atoms with Gasteiger partial charge in [0.2, 0.25) is 0 Å². The molecule has 0 saturated heterocycles. The van der Waals surface area contributed by atoms with Crippen LogP contribution in [0.5, 0.6) is 5.75 Å². The molecule has 0 spiro atoms. The highest BCUT2D eigenvalue weighted by atomic mass is 19.1. The van der Waals surface area contributed by atoms with Gasteiger partial charge >= 0.3 is 5.97 Å². The molecule has 1 aliphatic carbocycles. The molecular weight excluding hydrogens is 535 g/mol. The highest BCUT2D eigenvalue weighted by Gasteiger charge is 2.29. The molecule has 6 rings (SSSR count). The number of benzene rings is 2. The lowest BCUT2D eigenvalue weighted by Crippen LogP contribution is -2.31.